The average molecular weight is 410 g/mol. The Morgan fingerprint density at radius 1 is 0.967 bits per heavy atom. The fraction of sp³-hybridized carbons (Fsp3) is 0.182. The molecule has 0 saturated carbocycles. The fourth-order valence-electron chi connectivity index (χ4n) is 2.69. The molecule has 0 atom stereocenters. The Morgan fingerprint density at radius 2 is 1.73 bits per heavy atom. The molecular weight excluding hydrogens is 388 g/mol. The molecule has 1 N–H and O–H groups in total. The maximum atomic E-state index is 12.3. The molecule has 0 unspecified atom stereocenters. The molecule has 0 aliphatic carbocycles. The van der Waals surface area contributed by atoms with Crippen molar-refractivity contribution in [3.8, 4) is 23.0 Å². The average Bonchev–Trinajstić information content (AvgIpc) is 3.27. The zero-order valence-electron chi connectivity index (χ0n) is 16.9. The van der Waals surface area contributed by atoms with Crippen molar-refractivity contribution in [2.45, 2.75) is 6.61 Å². The number of carbonyl (C=O) groups excluding carboxylic acids is 1. The minimum atomic E-state index is -0.489. The van der Waals surface area contributed by atoms with Crippen LogP contribution in [0.2, 0.25) is 0 Å². The highest BCUT2D eigenvalue weighted by atomic mass is 16.5. The highest BCUT2D eigenvalue weighted by Gasteiger charge is 2.15. The summed E-state index contributed by atoms with van der Waals surface area (Å²) in [5.41, 5.74) is 3.02. The molecule has 0 aliphatic heterocycles. The lowest BCUT2D eigenvalue weighted by Crippen LogP contribution is -2.16. The number of methoxy groups -OCH3 is 3. The fourth-order valence-corrected chi connectivity index (χ4v) is 2.69. The zero-order valence-corrected chi connectivity index (χ0v) is 16.9. The van der Waals surface area contributed by atoms with Crippen LogP contribution in [-0.2, 0) is 6.61 Å². The first-order chi connectivity index (χ1) is 14.7. The number of amides is 1. The Balaban J connectivity index is 1.62. The molecule has 0 fully saturated rings. The van der Waals surface area contributed by atoms with Crippen LogP contribution < -0.4 is 24.4 Å². The van der Waals surface area contributed by atoms with Gasteiger partial charge in [-0.05, 0) is 36.4 Å². The highest BCUT2D eigenvalue weighted by molar-refractivity contribution is 5.93. The number of nitrogens with zero attached hydrogens (tertiary/aromatic N) is 1. The molecule has 8 nitrogen and oxygen atoms in total. The number of hydrogen-bond donors (Lipinski definition) is 1. The Labute approximate surface area is 174 Å². The standard InChI is InChI=1S/C22H22N2O6/c1-26-18-11-9-15(20(27-2)21(18)28-3)13-23-24-22(25)19-12-10-17(30-19)14-29-16-7-5-4-6-8-16/h4-13H,14H2,1-3H3,(H,24,25)/b23-13-. The van der Waals surface area contributed by atoms with Gasteiger partial charge >= 0.3 is 5.91 Å². The molecule has 0 bridgehead atoms. The van der Waals surface area contributed by atoms with Crippen LogP contribution in [0.1, 0.15) is 21.9 Å². The van der Waals surface area contributed by atoms with Crippen LogP contribution in [-0.4, -0.2) is 33.5 Å². The van der Waals surface area contributed by atoms with Crippen molar-refractivity contribution in [1.82, 2.24) is 5.43 Å². The summed E-state index contributed by atoms with van der Waals surface area (Å²) in [6, 6.07) is 16.0. The third kappa shape index (κ3) is 4.91. The third-order valence-electron chi connectivity index (χ3n) is 4.11. The molecule has 8 heteroatoms. The number of hydrogen-bond acceptors (Lipinski definition) is 7. The predicted octanol–water partition coefficient (Wildman–Crippen LogP) is 3.65. The van der Waals surface area contributed by atoms with E-state index in [1.165, 1.54) is 27.5 Å². The monoisotopic (exact) mass is 410 g/mol. The zero-order chi connectivity index (χ0) is 21.3. The molecule has 0 aliphatic rings. The maximum absolute atomic E-state index is 12.3. The van der Waals surface area contributed by atoms with Gasteiger partial charge in [-0.15, -0.1) is 0 Å². The van der Waals surface area contributed by atoms with Crippen molar-refractivity contribution in [2.24, 2.45) is 5.10 Å². The van der Waals surface area contributed by atoms with Gasteiger partial charge in [0.25, 0.3) is 0 Å². The van der Waals surface area contributed by atoms with Crippen LogP contribution in [0, 0.1) is 0 Å². The van der Waals surface area contributed by atoms with E-state index >= 15 is 0 Å². The van der Waals surface area contributed by atoms with Gasteiger partial charge in [0.05, 0.1) is 27.5 Å². The van der Waals surface area contributed by atoms with Crippen molar-refractivity contribution in [3.63, 3.8) is 0 Å². The number of furan rings is 1. The predicted molar refractivity (Wildman–Crippen MR) is 111 cm³/mol. The smallest absolute Gasteiger partial charge is 0.307 e. The number of benzene rings is 2. The number of para-hydroxylation sites is 1. The SMILES string of the molecule is COc1ccc(/C=N\NC(=O)c2ccc(COc3ccccc3)o2)c(OC)c1OC. The summed E-state index contributed by atoms with van der Waals surface area (Å²) >= 11 is 0. The number of carbonyl (C=O) groups is 1. The van der Waals surface area contributed by atoms with Gasteiger partial charge in [-0.25, -0.2) is 5.43 Å². The molecular formula is C22H22N2O6. The summed E-state index contributed by atoms with van der Waals surface area (Å²) < 4.78 is 27.1. The van der Waals surface area contributed by atoms with Gasteiger partial charge in [0.15, 0.2) is 17.3 Å². The van der Waals surface area contributed by atoms with E-state index in [1.54, 1.807) is 24.3 Å². The van der Waals surface area contributed by atoms with Crippen LogP contribution in [0.3, 0.4) is 0 Å². The molecule has 0 radical (unpaired) electrons. The van der Waals surface area contributed by atoms with Crippen molar-refractivity contribution in [3.05, 3.63) is 71.7 Å². The van der Waals surface area contributed by atoms with E-state index in [0.717, 1.165) is 0 Å². The number of hydrazone groups is 1. The van der Waals surface area contributed by atoms with Crippen LogP contribution in [0.15, 0.2) is 64.1 Å². The molecule has 1 aromatic heterocycles. The molecule has 2 aromatic carbocycles. The largest absolute Gasteiger partial charge is 0.493 e. The molecule has 156 valence electrons. The van der Waals surface area contributed by atoms with E-state index < -0.39 is 5.91 Å². The van der Waals surface area contributed by atoms with Gasteiger partial charge in [0.1, 0.15) is 18.1 Å². The van der Waals surface area contributed by atoms with Gasteiger partial charge in [-0.1, -0.05) is 18.2 Å². The molecule has 30 heavy (non-hydrogen) atoms. The Bertz CT molecular complexity index is 1010. The van der Waals surface area contributed by atoms with E-state index in [4.69, 9.17) is 23.4 Å². The lowest BCUT2D eigenvalue weighted by Gasteiger charge is -2.13. The van der Waals surface area contributed by atoms with Gasteiger partial charge in [-0.3, -0.25) is 4.79 Å². The van der Waals surface area contributed by atoms with E-state index in [2.05, 4.69) is 10.5 Å². The van der Waals surface area contributed by atoms with E-state index in [9.17, 15) is 4.79 Å². The summed E-state index contributed by atoms with van der Waals surface area (Å²) in [5.74, 6) is 2.27. The molecule has 1 amide bonds. The second-order valence-electron chi connectivity index (χ2n) is 5.99. The first kappa shape index (κ1) is 20.8. The minimum Gasteiger partial charge on any atom is -0.493 e. The summed E-state index contributed by atoms with van der Waals surface area (Å²) in [6.45, 7) is 0.212. The highest BCUT2D eigenvalue weighted by Crippen LogP contribution is 2.38. The molecule has 3 rings (SSSR count). The summed E-state index contributed by atoms with van der Waals surface area (Å²) in [5, 5.41) is 3.97. The van der Waals surface area contributed by atoms with Gasteiger partial charge in [0.2, 0.25) is 5.75 Å². The second-order valence-corrected chi connectivity index (χ2v) is 5.99. The van der Waals surface area contributed by atoms with Crippen molar-refractivity contribution >= 4 is 12.1 Å². The second kappa shape index (κ2) is 10.0. The number of ether oxygens (including phenoxy) is 4. The first-order valence-electron chi connectivity index (χ1n) is 9.05. The first-order valence-corrected chi connectivity index (χ1v) is 9.05. The summed E-state index contributed by atoms with van der Waals surface area (Å²) in [4.78, 5) is 12.3. The lowest BCUT2D eigenvalue weighted by molar-refractivity contribution is 0.0923. The third-order valence-corrected chi connectivity index (χ3v) is 4.11. The minimum absolute atomic E-state index is 0.123. The Kier molecular flexibility index (Phi) is 6.94. The molecule has 0 saturated heterocycles. The Hall–Kier alpha value is -3.94. The van der Waals surface area contributed by atoms with Crippen molar-refractivity contribution in [2.75, 3.05) is 21.3 Å². The van der Waals surface area contributed by atoms with Crippen molar-refractivity contribution < 1.29 is 28.2 Å². The van der Waals surface area contributed by atoms with E-state index in [1.807, 2.05) is 30.3 Å². The van der Waals surface area contributed by atoms with E-state index in [0.29, 0.717) is 34.3 Å². The summed E-state index contributed by atoms with van der Waals surface area (Å²) in [7, 11) is 4.56. The number of nitrogens with one attached hydrogen (secondary N) is 1. The molecule has 1 heterocycles. The van der Waals surface area contributed by atoms with Crippen LogP contribution in [0.4, 0.5) is 0 Å². The normalized spacial score (nSPS) is 10.6. The van der Waals surface area contributed by atoms with E-state index in [-0.39, 0.29) is 12.4 Å². The van der Waals surface area contributed by atoms with Gasteiger partial charge in [0, 0.05) is 5.56 Å². The topological polar surface area (TPSA) is 91.5 Å². The molecule has 0 spiro atoms. The van der Waals surface area contributed by atoms with Gasteiger partial charge < -0.3 is 23.4 Å². The Morgan fingerprint density at radius 3 is 2.43 bits per heavy atom. The van der Waals surface area contributed by atoms with Crippen LogP contribution in [0.25, 0.3) is 0 Å². The maximum Gasteiger partial charge on any atom is 0.307 e. The van der Waals surface area contributed by atoms with Gasteiger partial charge in [-0.2, -0.15) is 5.10 Å². The quantitative estimate of drug-likeness (QED) is 0.428. The number of rotatable bonds is 9. The van der Waals surface area contributed by atoms with Crippen LogP contribution in [0.5, 0.6) is 23.0 Å². The lowest BCUT2D eigenvalue weighted by atomic mass is 10.2. The van der Waals surface area contributed by atoms with Crippen molar-refractivity contribution in [1.29, 1.82) is 0 Å². The van der Waals surface area contributed by atoms with Crippen LogP contribution >= 0.6 is 0 Å². The summed E-state index contributed by atoms with van der Waals surface area (Å²) in [6.07, 6.45) is 1.45. The molecule has 3 aromatic rings.